The van der Waals surface area contributed by atoms with Crippen molar-refractivity contribution in [3.63, 3.8) is 0 Å². The number of nitrogens with zero attached hydrogens (tertiary/aromatic N) is 3. The molecule has 0 unspecified atom stereocenters. The Morgan fingerprint density at radius 3 is 2.92 bits per heavy atom. The summed E-state index contributed by atoms with van der Waals surface area (Å²) >= 11 is 0. The molecule has 0 atom stereocenters. The number of hydrogen-bond acceptors (Lipinski definition) is 4. The maximum atomic E-state index is 11.4. The Morgan fingerprint density at radius 2 is 2.12 bits per heavy atom. The van der Waals surface area contributed by atoms with Gasteiger partial charge in [-0.05, 0) is 29.8 Å². The standard InChI is InChI=1S/C20H15N3O3/c24-20(25)15-7-6-14-9-18-19-13(4-2-8-22(18)17(14)10-15)3-1-5-16(19)23-12-26-11-21-23/h1-7,9-11H,8,12H2,(H,24,25). The zero-order valence-corrected chi connectivity index (χ0v) is 13.8. The number of anilines is 1. The van der Waals surface area contributed by atoms with Crippen molar-refractivity contribution >= 4 is 35.0 Å². The van der Waals surface area contributed by atoms with Crippen LogP contribution < -0.4 is 5.01 Å². The first-order chi connectivity index (χ1) is 12.7. The summed E-state index contributed by atoms with van der Waals surface area (Å²) in [4.78, 5) is 11.4. The maximum absolute atomic E-state index is 11.4. The molecule has 0 saturated heterocycles. The lowest BCUT2D eigenvalue weighted by atomic mass is 10.0. The van der Waals surface area contributed by atoms with E-state index in [1.165, 1.54) is 6.40 Å². The average Bonchev–Trinajstić information content (AvgIpc) is 3.25. The van der Waals surface area contributed by atoms with Gasteiger partial charge in [0.15, 0.2) is 13.1 Å². The van der Waals surface area contributed by atoms with Crippen LogP contribution >= 0.6 is 0 Å². The highest BCUT2D eigenvalue weighted by molar-refractivity contribution is 5.98. The summed E-state index contributed by atoms with van der Waals surface area (Å²) in [6.07, 6.45) is 5.63. The van der Waals surface area contributed by atoms with Crippen molar-refractivity contribution in [3.05, 3.63) is 59.7 Å². The molecule has 0 fully saturated rings. The Labute approximate surface area is 149 Å². The van der Waals surface area contributed by atoms with E-state index >= 15 is 0 Å². The number of allylic oxidation sites excluding steroid dienone is 1. The van der Waals surface area contributed by atoms with E-state index in [0.29, 0.717) is 13.3 Å². The first-order valence-electron chi connectivity index (χ1n) is 8.30. The molecular weight excluding hydrogens is 330 g/mol. The van der Waals surface area contributed by atoms with Gasteiger partial charge in [-0.3, -0.25) is 0 Å². The normalized spacial score (nSPS) is 14.8. The van der Waals surface area contributed by atoms with Crippen LogP contribution in [0.1, 0.15) is 15.9 Å². The molecule has 1 N–H and O–H groups in total. The van der Waals surface area contributed by atoms with E-state index in [2.05, 4.69) is 34.0 Å². The molecule has 5 rings (SSSR count). The molecule has 3 aromatic rings. The Bertz CT molecular complexity index is 1110. The summed E-state index contributed by atoms with van der Waals surface area (Å²) in [6.45, 7) is 1.05. The molecule has 2 aliphatic heterocycles. The van der Waals surface area contributed by atoms with Crippen LogP contribution in [0.3, 0.4) is 0 Å². The van der Waals surface area contributed by atoms with E-state index in [1.807, 2.05) is 23.2 Å². The summed E-state index contributed by atoms with van der Waals surface area (Å²) in [5, 5.41) is 16.4. The molecule has 0 aliphatic carbocycles. The van der Waals surface area contributed by atoms with Crippen molar-refractivity contribution in [2.45, 2.75) is 6.54 Å². The van der Waals surface area contributed by atoms with Gasteiger partial charge >= 0.3 is 5.97 Å². The van der Waals surface area contributed by atoms with Crippen molar-refractivity contribution in [1.29, 1.82) is 0 Å². The number of fused-ring (bicyclic) bond motifs is 5. The van der Waals surface area contributed by atoms with E-state index < -0.39 is 5.97 Å². The third-order valence-corrected chi connectivity index (χ3v) is 4.80. The van der Waals surface area contributed by atoms with Gasteiger partial charge in [-0.25, -0.2) is 9.80 Å². The van der Waals surface area contributed by atoms with Crippen LogP contribution in [-0.2, 0) is 11.3 Å². The number of aromatic carboxylic acids is 1. The SMILES string of the molecule is O=C(O)c1ccc2cc3n(c2c1)CC=Cc1cccc(N2COC=N2)c1-3. The minimum absolute atomic E-state index is 0.290. The first kappa shape index (κ1) is 14.8. The highest BCUT2D eigenvalue weighted by Gasteiger charge is 2.22. The van der Waals surface area contributed by atoms with Gasteiger partial charge in [-0.15, -0.1) is 5.10 Å². The van der Waals surface area contributed by atoms with Crippen molar-refractivity contribution in [3.8, 4) is 11.3 Å². The number of aromatic nitrogens is 1. The van der Waals surface area contributed by atoms with Crippen LogP contribution in [0.5, 0.6) is 0 Å². The molecule has 3 heterocycles. The fourth-order valence-electron chi connectivity index (χ4n) is 3.63. The van der Waals surface area contributed by atoms with Gasteiger partial charge in [0.05, 0.1) is 16.9 Å². The Hall–Kier alpha value is -3.54. The second-order valence-corrected chi connectivity index (χ2v) is 6.28. The van der Waals surface area contributed by atoms with Crippen molar-refractivity contribution in [2.24, 2.45) is 5.10 Å². The topological polar surface area (TPSA) is 67.1 Å². The molecule has 0 bridgehead atoms. The highest BCUT2D eigenvalue weighted by atomic mass is 16.5. The van der Waals surface area contributed by atoms with E-state index in [4.69, 9.17) is 4.74 Å². The lowest BCUT2D eigenvalue weighted by molar-refractivity contribution is 0.0697. The predicted molar refractivity (Wildman–Crippen MR) is 100 cm³/mol. The quantitative estimate of drug-likeness (QED) is 0.768. The fraction of sp³-hybridized carbons (Fsp3) is 0.100. The zero-order chi connectivity index (χ0) is 17.7. The van der Waals surface area contributed by atoms with Crippen LogP contribution in [0.2, 0.25) is 0 Å². The van der Waals surface area contributed by atoms with Gasteiger partial charge in [-0.2, -0.15) is 0 Å². The third-order valence-electron chi connectivity index (χ3n) is 4.80. The molecule has 2 aromatic carbocycles. The molecule has 0 radical (unpaired) electrons. The van der Waals surface area contributed by atoms with Gasteiger partial charge in [0.2, 0.25) is 0 Å². The molecule has 2 aliphatic rings. The minimum Gasteiger partial charge on any atom is -0.478 e. The number of ether oxygens (including phenoxy) is 1. The zero-order valence-electron chi connectivity index (χ0n) is 13.8. The van der Waals surface area contributed by atoms with E-state index in [1.54, 1.807) is 12.1 Å². The summed E-state index contributed by atoms with van der Waals surface area (Å²) in [5.74, 6) is -0.920. The molecule has 0 saturated carbocycles. The molecule has 128 valence electrons. The fourth-order valence-corrected chi connectivity index (χ4v) is 3.63. The number of benzene rings is 2. The Kier molecular flexibility index (Phi) is 3.12. The van der Waals surface area contributed by atoms with E-state index in [9.17, 15) is 9.90 Å². The number of carboxylic acids is 1. The van der Waals surface area contributed by atoms with E-state index in [-0.39, 0.29) is 5.56 Å². The second kappa shape index (κ2) is 5.49. The number of rotatable bonds is 2. The number of hydrazone groups is 1. The molecule has 26 heavy (non-hydrogen) atoms. The van der Waals surface area contributed by atoms with Crippen LogP contribution in [-0.4, -0.2) is 28.8 Å². The van der Waals surface area contributed by atoms with Gasteiger partial charge in [0, 0.05) is 23.0 Å². The van der Waals surface area contributed by atoms with Gasteiger partial charge in [0.1, 0.15) is 0 Å². The molecular formula is C20H15N3O3. The third kappa shape index (κ3) is 2.12. The molecule has 6 nitrogen and oxygen atoms in total. The molecule has 0 amide bonds. The average molecular weight is 345 g/mol. The summed E-state index contributed by atoms with van der Waals surface area (Å²) in [6, 6.07) is 13.5. The molecule has 6 heteroatoms. The molecule has 0 spiro atoms. The maximum Gasteiger partial charge on any atom is 0.335 e. The van der Waals surface area contributed by atoms with Crippen LogP contribution in [0.15, 0.2) is 53.6 Å². The number of hydrogen-bond donors (Lipinski definition) is 1. The van der Waals surface area contributed by atoms with Crippen LogP contribution in [0.4, 0.5) is 5.69 Å². The highest BCUT2D eigenvalue weighted by Crippen LogP contribution is 2.40. The Morgan fingerprint density at radius 1 is 1.19 bits per heavy atom. The number of carboxylic acid groups (broad SMARTS) is 1. The Balaban J connectivity index is 1.80. The van der Waals surface area contributed by atoms with Gasteiger partial charge < -0.3 is 14.4 Å². The smallest absolute Gasteiger partial charge is 0.335 e. The monoisotopic (exact) mass is 345 g/mol. The lowest BCUT2D eigenvalue weighted by Gasteiger charge is -2.18. The van der Waals surface area contributed by atoms with Gasteiger partial charge in [-0.1, -0.05) is 30.4 Å². The second-order valence-electron chi connectivity index (χ2n) is 6.28. The summed E-state index contributed by atoms with van der Waals surface area (Å²) in [7, 11) is 0. The largest absolute Gasteiger partial charge is 0.478 e. The van der Waals surface area contributed by atoms with Crippen molar-refractivity contribution in [1.82, 2.24) is 4.57 Å². The predicted octanol–water partition coefficient (Wildman–Crippen LogP) is 3.77. The number of carbonyl (C=O) groups is 1. The van der Waals surface area contributed by atoms with E-state index in [0.717, 1.165) is 33.4 Å². The molecule has 1 aromatic heterocycles. The van der Waals surface area contributed by atoms with Crippen molar-refractivity contribution < 1.29 is 14.6 Å². The van der Waals surface area contributed by atoms with Gasteiger partial charge in [0.25, 0.3) is 0 Å². The summed E-state index contributed by atoms with van der Waals surface area (Å²) in [5.41, 5.74) is 5.37. The minimum atomic E-state index is -0.920. The van der Waals surface area contributed by atoms with Crippen molar-refractivity contribution in [2.75, 3.05) is 11.7 Å². The van der Waals surface area contributed by atoms with Crippen LogP contribution in [0, 0.1) is 0 Å². The van der Waals surface area contributed by atoms with Crippen LogP contribution in [0.25, 0.3) is 28.2 Å². The lowest BCUT2D eigenvalue weighted by Crippen LogP contribution is -2.14. The summed E-state index contributed by atoms with van der Waals surface area (Å²) < 4.78 is 7.41. The first-order valence-corrected chi connectivity index (χ1v) is 8.30.